The molecular weight excluding hydrogens is 481 g/mol. The van der Waals surface area contributed by atoms with Crippen molar-refractivity contribution in [2.45, 2.75) is 61.8 Å². The molecule has 204 valence electrons. The Kier molecular flexibility index (Phi) is 14.6. The third-order valence-corrected chi connectivity index (χ3v) is 5.99. The molecule has 4 heteroatoms. The van der Waals surface area contributed by atoms with Gasteiger partial charge in [0.1, 0.15) is 11.5 Å². The molecule has 0 spiro atoms. The molecule has 0 aliphatic carbocycles. The number of aromatic nitrogens is 2. The number of aromatic amines is 1. The number of hydrogen-bond acceptors (Lipinski definition) is 2. The van der Waals surface area contributed by atoms with Gasteiger partial charge >= 0.3 is 0 Å². The molecule has 1 N–H and O–H groups in total. The molecule has 4 aromatic rings. The number of allylic oxidation sites excluding steroid dienone is 4. The van der Waals surface area contributed by atoms with Gasteiger partial charge in [-0.2, -0.15) is 5.10 Å². The van der Waals surface area contributed by atoms with Crippen LogP contribution in [0.3, 0.4) is 0 Å². The highest BCUT2D eigenvalue weighted by atomic mass is 19.1. The summed E-state index contributed by atoms with van der Waals surface area (Å²) in [6, 6.07) is 15.8. The van der Waals surface area contributed by atoms with Gasteiger partial charge in [-0.1, -0.05) is 57.1 Å². The van der Waals surface area contributed by atoms with E-state index in [1.165, 1.54) is 28.1 Å². The second kappa shape index (κ2) is 17.3. The first-order chi connectivity index (χ1) is 18.7. The second-order valence-corrected chi connectivity index (χ2v) is 8.75. The molecule has 0 radical (unpaired) electrons. The summed E-state index contributed by atoms with van der Waals surface area (Å²) < 4.78 is 13.6. The van der Waals surface area contributed by atoms with Gasteiger partial charge in [-0.05, 0) is 118 Å². The van der Waals surface area contributed by atoms with E-state index in [1.54, 1.807) is 0 Å². The number of aliphatic imine (C=N–C) groups is 1. The molecule has 4 rings (SSSR count). The summed E-state index contributed by atoms with van der Waals surface area (Å²) in [6.45, 7) is 19.4. The van der Waals surface area contributed by atoms with Crippen molar-refractivity contribution in [3.05, 3.63) is 112 Å². The molecule has 3 nitrogen and oxygen atoms in total. The lowest BCUT2D eigenvalue weighted by Gasteiger charge is -2.06. The summed E-state index contributed by atoms with van der Waals surface area (Å²) in [5.41, 5.74) is 9.07. The molecule has 0 atom stereocenters. The Hall–Kier alpha value is -4.23. The monoisotopic (exact) mass is 523 g/mol. The fourth-order valence-corrected chi connectivity index (χ4v) is 3.55. The lowest BCUT2D eigenvalue weighted by Crippen LogP contribution is -1.87. The third-order valence-electron chi connectivity index (χ3n) is 5.99. The standard InChI is InChI=1S/C14H16FN.C10H10.C9H10N2.C2H6/c1-5-6-7-10(2)12-8-11(3)14(16-4)13(15)9-12;1-3-9-5-7-10(4-2)8-6-9;1-6-3-8-5-10-11-9(8)4-7(6)2;1-2/h5-9H,4H2,1-3H3;1,5-8H,4H2,2H3;3-5H,1-2H3,(H,10,11);1-2H3/b6-5-,10-7+;;;. The van der Waals surface area contributed by atoms with Crippen molar-refractivity contribution in [2.75, 3.05) is 0 Å². The summed E-state index contributed by atoms with van der Waals surface area (Å²) >= 11 is 0. The number of aryl methyl sites for hydroxylation is 4. The number of nitrogens with one attached hydrogen (secondary N) is 1. The van der Waals surface area contributed by atoms with Crippen LogP contribution in [0.5, 0.6) is 0 Å². The van der Waals surface area contributed by atoms with Crippen molar-refractivity contribution in [1.29, 1.82) is 0 Å². The number of rotatable bonds is 4. The fourth-order valence-electron chi connectivity index (χ4n) is 3.55. The van der Waals surface area contributed by atoms with Crippen LogP contribution in [-0.4, -0.2) is 16.9 Å². The largest absolute Gasteiger partial charge is 0.278 e. The van der Waals surface area contributed by atoms with Crippen molar-refractivity contribution < 1.29 is 4.39 Å². The number of fused-ring (bicyclic) bond motifs is 1. The second-order valence-electron chi connectivity index (χ2n) is 8.75. The van der Waals surface area contributed by atoms with Crippen molar-refractivity contribution in [3.63, 3.8) is 0 Å². The van der Waals surface area contributed by atoms with E-state index in [-0.39, 0.29) is 5.82 Å². The Morgan fingerprint density at radius 3 is 2.23 bits per heavy atom. The van der Waals surface area contributed by atoms with Crippen molar-refractivity contribution in [3.8, 4) is 12.3 Å². The molecule has 3 aromatic carbocycles. The molecular formula is C35H42FN3. The number of nitrogens with zero attached hydrogens (tertiary/aromatic N) is 2. The molecule has 1 heterocycles. The maximum Gasteiger partial charge on any atom is 0.149 e. The number of hydrogen-bond donors (Lipinski definition) is 1. The van der Waals surface area contributed by atoms with Crippen molar-refractivity contribution in [2.24, 2.45) is 4.99 Å². The van der Waals surface area contributed by atoms with Crippen LogP contribution in [0.2, 0.25) is 0 Å². The molecule has 0 saturated carbocycles. The van der Waals surface area contributed by atoms with Crippen LogP contribution in [0.4, 0.5) is 10.1 Å². The van der Waals surface area contributed by atoms with Crippen molar-refractivity contribution >= 4 is 28.9 Å². The van der Waals surface area contributed by atoms with Gasteiger partial charge in [-0.25, -0.2) is 4.39 Å². The lowest BCUT2D eigenvalue weighted by atomic mass is 10.0. The zero-order valence-corrected chi connectivity index (χ0v) is 24.7. The Morgan fingerprint density at radius 1 is 1.05 bits per heavy atom. The van der Waals surface area contributed by atoms with E-state index >= 15 is 0 Å². The first kappa shape index (κ1) is 32.8. The highest BCUT2D eigenvalue weighted by Crippen LogP contribution is 2.27. The highest BCUT2D eigenvalue weighted by molar-refractivity contribution is 5.79. The van der Waals surface area contributed by atoms with Gasteiger partial charge in [-0.3, -0.25) is 10.1 Å². The Morgan fingerprint density at radius 2 is 1.69 bits per heavy atom. The molecule has 0 amide bonds. The molecule has 0 aliphatic rings. The number of H-pyrrole nitrogens is 1. The van der Waals surface area contributed by atoms with E-state index in [4.69, 9.17) is 6.42 Å². The summed E-state index contributed by atoms with van der Waals surface area (Å²) in [5, 5.41) is 8.08. The SMILES string of the molecule is C#Cc1ccc(CC)cc1.C=Nc1c(C)cc(/C(C)=C/C=C\C)cc1F.CC.Cc1cc2cn[nH]c2cc1C. The molecule has 0 aliphatic heterocycles. The fraction of sp³-hybridized carbons (Fsp3) is 0.257. The minimum absolute atomic E-state index is 0.321. The molecule has 0 fully saturated rings. The maximum atomic E-state index is 13.6. The smallest absolute Gasteiger partial charge is 0.149 e. The van der Waals surface area contributed by atoms with Crippen LogP contribution in [0.15, 0.2) is 77.9 Å². The predicted octanol–water partition coefficient (Wildman–Crippen LogP) is 9.88. The van der Waals surface area contributed by atoms with Crippen LogP contribution in [0, 0.1) is 38.9 Å². The number of halogens is 1. The molecule has 0 saturated heterocycles. The first-order valence-corrected chi connectivity index (χ1v) is 13.3. The van der Waals surface area contributed by atoms with Gasteiger partial charge in [-0.15, -0.1) is 6.42 Å². The number of benzene rings is 3. The van der Waals surface area contributed by atoms with Gasteiger partial charge in [0.05, 0.1) is 11.7 Å². The zero-order valence-electron chi connectivity index (χ0n) is 24.7. The van der Waals surface area contributed by atoms with Crippen LogP contribution in [0.1, 0.15) is 68.0 Å². The predicted molar refractivity (Wildman–Crippen MR) is 169 cm³/mol. The average molecular weight is 524 g/mol. The van der Waals surface area contributed by atoms with Gasteiger partial charge in [0.15, 0.2) is 0 Å². The van der Waals surface area contributed by atoms with E-state index in [0.29, 0.717) is 5.69 Å². The highest BCUT2D eigenvalue weighted by Gasteiger charge is 2.07. The zero-order chi connectivity index (χ0) is 29.4. The van der Waals surface area contributed by atoms with Crippen LogP contribution in [-0.2, 0) is 6.42 Å². The Balaban J connectivity index is 0.000000292. The van der Waals surface area contributed by atoms with E-state index in [2.05, 4.69) is 72.9 Å². The van der Waals surface area contributed by atoms with Crippen LogP contribution in [0.25, 0.3) is 16.5 Å². The van der Waals surface area contributed by atoms with Gasteiger partial charge in [0, 0.05) is 10.9 Å². The number of terminal acetylenes is 1. The molecule has 0 unspecified atom stereocenters. The van der Waals surface area contributed by atoms with Crippen LogP contribution >= 0.6 is 0 Å². The molecule has 39 heavy (non-hydrogen) atoms. The van der Waals surface area contributed by atoms with E-state index in [0.717, 1.165) is 34.2 Å². The van der Waals surface area contributed by atoms with Crippen LogP contribution < -0.4 is 0 Å². The summed E-state index contributed by atoms with van der Waals surface area (Å²) in [5.74, 6) is 2.26. The first-order valence-electron chi connectivity index (χ1n) is 13.3. The normalized spacial score (nSPS) is 10.4. The summed E-state index contributed by atoms with van der Waals surface area (Å²) in [7, 11) is 0. The van der Waals surface area contributed by atoms with E-state index in [1.807, 2.05) is 77.2 Å². The quantitative estimate of drug-likeness (QED) is 0.161. The average Bonchev–Trinajstić information content (AvgIpc) is 3.40. The molecule has 0 bridgehead atoms. The summed E-state index contributed by atoms with van der Waals surface area (Å²) in [4.78, 5) is 3.67. The van der Waals surface area contributed by atoms with E-state index < -0.39 is 0 Å². The minimum atomic E-state index is -0.321. The van der Waals surface area contributed by atoms with Gasteiger partial charge in [0.25, 0.3) is 0 Å². The summed E-state index contributed by atoms with van der Waals surface area (Å²) in [6.07, 6.45) is 13.9. The third kappa shape index (κ3) is 10.2. The maximum absolute atomic E-state index is 13.6. The topological polar surface area (TPSA) is 41.0 Å². The Labute approximate surface area is 234 Å². The Bertz CT molecular complexity index is 1370. The minimum Gasteiger partial charge on any atom is -0.278 e. The van der Waals surface area contributed by atoms with Gasteiger partial charge < -0.3 is 0 Å². The lowest BCUT2D eigenvalue weighted by molar-refractivity contribution is 0.628. The van der Waals surface area contributed by atoms with Crippen molar-refractivity contribution in [1.82, 2.24) is 10.2 Å². The molecule has 1 aromatic heterocycles. The van der Waals surface area contributed by atoms with Gasteiger partial charge in [0.2, 0.25) is 0 Å². The van der Waals surface area contributed by atoms with E-state index in [9.17, 15) is 4.39 Å².